The van der Waals surface area contributed by atoms with Crippen molar-refractivity contribution in [3.63, 3.8) is 0 Å². The minimum Gasteiger partial charge on any atom is -0.507 e. The number of hydrogen-bond donors (Lipinski definition) is 1. The molecule has 2 rings (SSSR count). The fraction of sp³-hybridized carbons (Fsp3) is 0.385. The summed E-state index contributed by atoms with van der Waals surface area (Å²) in [5.74, 6) is -1.85. The van der Waals surface area contributed by atoms with Gasteiger partial charge in [-0.15, -0.1) is 0 Å². The standard InChI is InChI=1S/C13H9BrF6N2O/c14-6-3-4-8(23)9-7(2-1-5-12(15,16)17)21-11(13(18,19)20)22-10(6)9/h3-4,23H,1-2,5H2. The molecule has 1 heterocycles. The predicted octanol–water partition coefficient (Wildman–Crippen LogP) is 5.00. The van der Waals surface area contributed by atoms with Gasteiger partial charge in [0.1, 0.15) is 5.75 Å². The van der Waals surface area contributed by atoms with Gasteiger partial charge in [0, 0.05) is 10.9 Å². The van der Waals surface area contributed by atoms with E-state index in [0.717, 1.165) is 0 Å². The molecular formula is C13H9BrF6N2O. The van der Waals surface area contributed by atoms with Gasteiger partial charge in [0.15, 0.2) is 0 Å². The average molecular weight is 403 g/mol. The number of fused-ring (bicyclic) bond motifs is 1. The number of benzene rings is 1. The lowest BCUT2D eigenvalue weighted by Gasteiger charge is -2.13. The van der Waals surface area contributed by atoms with Gasteiger partial charge in [-0.3, -0.25) is 0 Å². The third-order valence-corrected chi connectivity index (χ3v) is 3.62. The van der Waals surface area contributed by atoms with E-state index in [9.17, 15) is 31.4 Å². The zero-order chi connectivity index (χ0) is 17.4. The van der Waals surface area contributed by atoms with E-state index in [2.05, 4.69) is 25.9 Å². The Morgan fingerprint density at radius 3 is 2.26 bits per heavy atom. The van der Waals surface area contributed by atoms with Gasteiger partial charge in [0.25, 0.3) is 0 Å². The Morgan fingerprint density at radius 1 is 1.04 bits per heavy atom. The van der Waals surface area contributed by atoms with E-state index in [4.69, 9.17) is 0 Å². The first-order valence-corrected chi connectivity index (χ1v) is 7.10. The zero-order valence-corrected chi connectivity index (χ0v) is 12.8. The molecule has 0 unspecified atom stereocenters. The van der Waals surface area contributed by atoms with Crippen LogP contribution < -0.4 is 0 Å². The summed E-state index contributed by atoms with van der Waals surface area (Å²) in [7, 11) is 0. The predicted molar refractivity (Wildman–Crippen MR) is 72.9 cm³/mol. The number of rotatable bonds is 3. The van der Waals surface area contributed by atoms with Crippen molar-refractivity contribution in [2.75, 3.05) is 0 Å². The van der Waals surface area contributed by atoms with Gasteiger partial charge in [-0.1, -0.05) is 0 Å². The Labute approximate surface area is 134 Å². The van der Waals surface area contributed by atoms with Gasteiger partial charge in [0.2, 0.25) is 5.82 Å². The summed E-state index contributed by atoms with van der Waals surface area (Å²) in [6.07, 6.45) is -11.2. The van der Waals surface area contributed by atoms with Crippen molar-refractivity contribution in [2.24, 2.45) is 0 Å². The first-order valence-electron chi connectivity index (χ1n) is 6.31. The molecule has 0 spiro atoms. The number of aromatic nitrogens is 2. The van der Waals surface area contributed by atoms with Crippen LogP contribution in [0.5, 0.6) is 5.75 Å². The van der Waals surface area contributed by atoms with Crippen molar-refractivity contribution in [1.82, 2.24) is 9.97 Å². The summed E-state index contributed by atoms with van der Waals surface area (Å²) in [4.78, 5) is 6.67. The van der Waals surface area contributed by atoms with Crippen LogP contribution in [0.3, 0.4) is 0 Å². The quantitative estimate of drug-likeness (QED) is 0.734. The normalized spacial score (nSPS) is 12.8. The van der Waals surface area contributed by atoms with Crippen molar-refractivity contribution < 1.29 is 31.4 Å². The first-order chi connectivity index (χ1) is 10.5. The maximum Gasteiger partial charge on any atom is 0.451 e. The largest absolute Gasteiger partial charge is 0.507 e. The van der Waals surface area contributed by atoms with Gasteiger partial charge >= 0.3 is 12.4 Å². The molecule has 1 aromatic carbocycles. The topological polar surface area (TPSA) is 46.0 Å². The van der Waals surface area contributed by atoms with Crippen LogP contribution >= 0.6 is 15.9 Å². The number of aromatic hydroxyl groups is 1. The Balaban J connectivity index is 2.53. The Bertz CT molecular complexity index is 729. The van der Waals surface area contributed by atoms with E-state index in [0.29, 0.717) is 0 Å². The fourth-order valence-corrected chi connectivity index (χ4v) is 2.45. The van der Waals surface area contributed by atoms with E-state index in [1.807, 2.05) is 0 Å². The van der Waals surface area contributed by atoms with Crippen molar-refractivity contribution in [3.8, 4) is 5.75 Å². The SMILES string of the molecule is Oc1ccc(Br)c2nc(C(F)(F)F)nc(CCCC(F)(F)F)c12. The molecule has 0 saturated carbocycles. The molecule has 23 heavy (non-hydrogen) atoms. The van der Waals surface area contributed by atoms with Crippen LogP contribution in [0, 0.1) is 0 Å². The van der Waals surface area contributed by atoms with Crippen LogP contribution in [0.1, 0.15) is 24.4 Å². The third kappa shape index (κ3) is 4.24. The number of alkyl halides is 6. The number of phenolic OH excluding ortho intramolecular Hbond substituents is 1. The van der Waals surface area contributed by atoms with E-state index in [1.54, 1.807) is 0 Å². The summed E-state index contributed by atoms with van der Waals surface area (Å²) >= 11 is 3.02. The molecule has 0 aliphatic heterocycles. The Hall–Kier alpha value is -1.58. The Kier molecular flexibility index (Phi) is 4.74. The van der Waals surface area contributed by atoms with Gasteiger partial charge in [-0.25, -0.2) is 9.97 Å². The summed E-state index contributed by atoms with van der Waals surface area (Å²) in [6.45, 7) is 0. The summed E-state index contributed by atoms with van der Waals surface area (Å²) in [6, 6.07) is 2.50. The average Bonchev–Trinajstić information content (AvgIpc) is 2.40. The zero-order valence-electron chi connectivity index (χ0n) is 11.3. The number of hydrogen-bond acceptors (Lipinski definition) is 3. The van der Waals surface area contributed by atoms with Crippen LogP contribution in [0.4, 0.5) is 26.3 Å². The molecule has 0 amide bonds. The summed E-state index contributed by atoms with van der Waals surface area (Å²) < 4.78 is 75.4. The summed E-state index contributed by atoms with van der Waals surface area (Å²) in [5.41, 5.74) is -0.472. The molecule has 0 aliphatic rings. The molecule has 0 saturated heterocycles. The molecule has 2 aromatic rings. The van der Waals surface area contributed by atoms with Crippen molar-refractivity contribution in [1.29, 1.82) is 0 Å². The van der Waals surface area contributed by atoms with Gasteiger partial charge in [0.05, 0.1) is 16.6 Å². The molecule has 126 valence electrons. The molecular weight excluding hydrogens is 394 g/mol. The highest BCUT2D eigenvalue weighted by molar-refractivity contribution is 9.10. The maximum absolute atomic E-state index is 12.9. The lowest BCUT2D eigenvalue weighted by Crippen LogP contribution is -2.14. The lowest BCUT2D eigenvalue weighted by atomic mass is 10.1. The number of halogens is 7. The molecule has 1 N–H and O–H groups in total. The molecule has 1 aromatic heterocycles. The number of nitrogens with zero attached hydrogens (tertiary/aromatic N) is 2. The fourth-order valence-electron chi connectivity index (χ4n) is 2.03. The minimum atomic E-state index is -4.85. The molecule has 0 atom stereocenters. The Morgan fingerprint density at radius 2 is 1.70 bits per heavy atom. The van der Waals surface area contributed by atoms with Crippen molar-refractivity contribution in [2.45, 2.75) is 31.6 Å². The van der Waals surface area contributed by atoms with Crippen LogP contribution in [-0.4, -0.2) is 21.3 Å². The highest BCUT2D eigenvalue weighted by atomic mass is 79.9. The first kappa shape index (κ1) is 17.8. The highest BCUT2D eigenvalue weighted by Crippen LogP contribution is 2.36. The minimum absolute atomic E-state index is 0.0884. The van der Waals surface area contributed by atoms with Crippen molar-refractivity contribution in [3.05, 3.63) is 28.1 Å². The number of aryl methyl sites for hydroxylation is 1. The van der Waals surface area contributed by atoms with E-state index >= 15 is 0 Å². The third-order valence-electron chi connectivity index (χ3n) is 2.98. The second-order valence-electron chi connectivity index (χ2n) is 4.75. The monoisotopic (exact) mass is 402 g/mol. The van der Waals surface area contributed by atoms with Gasteiger partial charge in [-0.05, 0) is 40.9 Å². The highest BCUT2D eigenvalue weighted by Gasteiger charge is 2.36. The maximum atomic E-state index is 12.9. The van der Waals surface area contributed by atoms with Crippen LogP contribution in [0.2, 0.25) is 0 Å². The molecule has 0 bridgehead atoms. The molecule has 10 heteroatoms. The van der Waals surface area contributed by atoms with Crippen LogP contribution in [0.25, 0.3) is 10.9 Å². The summed E-state index contributed by atoms with van der Waals surface area (Å²) in [5, 5.41) is 9.74. The lowest BCUT2D eigenvalue weighted by molar-refractivity contribution is -0.145. The second-order valence-corrected chi connectivity index (χ2v) is 5.60. The molecule has 0 radical (unpaired) electrons. The van der Waals surface area contributed by atoms with Gasteiger partial charge in [-0.2, -0.15) is 26.3 Å². The van der Waals surface area contributed by atoms with Crippen LogP contribution in [-0.2, 0) is 12.6 Å². The van der Waals surface area contributed by atoms with E-state index < -0.39 is 31.0 Å². The van der Waals surface area contributed by atoms with Crippen molar-refractivity contribution >= 4 is 26.8 Å². The van der Waals surface area contributed by atoms with E-state index in [-0.39, 0.29) is 33.2 Å². The van der Waals surface area contributed by atoms with Crippen LogP contribution in [0.15, 0.2) is 16.6 Å². The second kappa shape index (κ2) is 6.14. The molecule has 0 fully saturated rings. The molecule has 3 nitrogen and oxygen atoms in total. The smallest absolute Gasteiger partial charge is 0.451 e. The van der Waals surface area contributed by atoms with Gasteiger partial charge < -0.3 is 5.11 Å². The molecule has 0 aliphatic carbocycles. The van der Waals surface area contributed by atoms with E-state index in [1.165, 1.54) is 12.1 Å². The number of phenols is 1.